The zero-order valence-corrected chi connectivity index (χ0v) is 23.5. The molecule has 3 N–H and O–H groups in total. The Morgan fingerprint density at radius 3 is 2.51 bits per heavy atom. The van der Waals surface area contributed by atoms with Crippen molar-refractivity contribution in [2.24, 2.45) is 5.92 Å². The molecule has 11 heteroatoms. The Hall–Kier alpha value is -4.64. The third-order valence-corrected chi connectivity index (χ3v) is 7.02. The van der Waals surface area contributed by atoms with Gasteiger partial charge in [-0.1, -0.05) is 13.0 Å². The second-order valence-corrected chi connectivity index (χ2v) is 10.0. The highest BCUT2D eigenvalue weighted by atomic mass is 16.5. The Morgan fingerprint density at radius 1 is 1.15 bits per heavy atom. The number of methoxy groups -OCH3 is 1. The molecule has 1 aliphatic rings. The van der Waals surface area contributed by atoms with E-state index in [0.29, 0.717) is 29.2 Å². The summed E-state index contributed by atoms with van der Waals surface area (Å²) in [6.45, 7) is 3.96. The van der Waals surface area contributed by atoms with E-state index in [0.717, 1.165) is 0 Å². The summed E-state index contributed by atoms with van der Waals surface area (Å²) in [5.41, 5.74) is 1.57. The highest BCUT2D eigenvalue weighted by Crippen LogP contribution is 2.35. The number of aromatic nitrogens is 1. The van der Waals surface area contributed by atoms with Crippen LogP contribution in [-0.4, -0.2) is 83.7 Å². The Labute approximate surface area is 239 Å². The smallest absolute Gasteiger partial charge is 0.321 e. The molecule has 1 aliphatic heterocycles. The number of amides is 4. The molecule has 0 radical (unpaired) electrons. The maximum Gasteiger partial charge on any atom is 0.321 e. The molecule has 0 unspecified atom stereocenters. The number of anilines is 2. The number of hydrogen-bond donors (Lipinski definition) is 3. The lowest BCUT2D eigenvalue weighted by molar-refractivity contribution is 0.0372. The molecule has 216 valence electrons. The molecule has 0 spiro atoms. The zero-order valence-electron chi connectivity index (χ0n) is 23.5. The standard InChI is InChI=1S/C30H35N5O6/c1-19-16-35(20(2)18-36)29(38)24-6-5-7-25(33-28(37)21-12-14-31-15-13-21)27(24)41-26(19)17-34(3)30(39)32-22-8-10-23(40-4)11-9-22/h5-15,19-20,26,36H,16-18H2,1-4H3,(H,32,39)(H,33,37)/t19-,20+,26+/m0/s1. The van der Waals surface area contributed by atoms with E-state index in [1.54, 1.807) is 80.6 Å². The fourth-order valence-corrected chi connectivity index (χ4v) is 4.50. The number of carbonyl (C=O) groups excluding carboxylic acids is 3. The normalized spacial score (nSPS) is 17.3. The molecule has 0 aliphatic carbocycles. The molecule has 4 rings (SSSR count). The van der Waals surface area contributed by atoms with Gasteiger partial charge < -0.3 is 35.0 Å². The van der Waals surface area contributed by atoms with Gasteiger partial charge in [-0.15, -0.1) is 0 Å². The minimum absolute atomic E-state index is 0.185. The molecule has 0 bridgehead atoms. The predicted octanol–water partition coefficient (Wildman–Crippen LogP) is 3.73. The summed E-state index contributed by atoms with van der Waals surface area (Å²) in [5.74, 6) is -0.0656. The SMILES string of the molecule is COc1ccc(NC(=O)N(C)C[C@H]2Oc3c(NC(=O)c4ccncc4)cccc3C(=O)N([C@H](C)CO)C[C@@H]2C)cc1. The number of aliphatic hydroxyl groups excluding tert-OH is 1. The van der Waals surface area contributed by atoms with E-state index in [2.05, 4.69) is 15.6 Å². The van der Waals surface area contributed by atoms with Crippen LogP contribution in [0.3, 0.4) is 0 Å². The first-order chi connectivity index (χ1) is 19.7. The van der Waals surface area contributed by atoms with Gasteiger partial charge in [-0.2, -0.15) is 0 Å². The molecular formula is C30H35N5O6. The second kappa shape index (κ2) is 13.1. The third kappa shape index (κ3) is 6.93. The van der Waals surface area contributed by atoms with Crippen LogP contribution >= 0.6 is 0 Å². The molecule has 41 heavy (non-hydrogen) atoms. The number of likely N-dealkylation sites (N-methyl/N-ethyl adjacent to an activating group) is 1. The number of hydrogen-bond acceptors (Lipinski definition) is 7. The number of ether oxygens (including phenoxy) is 2. The quantitative estimate of drug-likeness (QED) is 0.382. The van der Waals surface area contributed by atoms with E-state index in [1.807, 2.05) is 6.92 Å². The second-order valence-electron chi connectivity index (χ2n) is 10.0. The number of rotatable bonds is 8. The first kappa shape index (κ1) is 29.3. The van der Waals surface area contributed by atoms with Crippen molar-refractivity contribution in [1.29, 1.82) is 0 Å². The van der Waals surface area contributed by atoms with Crippen molar-refractivity contribution in [3.05, 3.63) is 78.1 Å². The average molecular weight is 562 g/mol. The molecule has 2 heterocycles. The van der Waals surface area contributed by atoms with Crippen molar-refractivity contribution in [1.82, 2.24) is 14.8 Å². The predicted molar refractivity (Wildman–Crippen MR) is 154 cm³/mol. The van der Waals surface area contributed by atoms with Crippen molar-refractivity contribution >= 4 is 29.2 Å². The average Bonchev–Trinajstić information content (AvgIpc) is 2.99. The summed E-state index contributed by atoms with van der Waals surface area (Å²) < 4.78 is 11.6. The topological polar surface area (TPSA) is 133 Å². The van der Waals surface area contributed by atoms with Gasteiger partial charge in [-0.3, -0.25) is 14.6 Å². The van der Waals surface area contributed by atoms with Crippen molar-refractivity contribution in [2.75, 3.05) is 44.5 Å². The number of carbonyl (C=O) groups is 3. The van der Waals surface area contributed by atoms with E-state index in [-0.39, 0.29) is 48.2 Å². The minimum atomic E-state index is -0.555. The van der Waals surface area contributed by atoms with Gasteiger partial charge in [-0.05, 0) is 55.5 Å². The van der Waals surface area contributed by atoms with Crippen LogP contribution in [0.2, 0.25) is 0 Å². The lowest BCUT2D eigenvalue weighted by Gasteiger charge is -2.38. The highest BCUT2D eigenvalue weighted by molar-refractivity contribution is 6.07. The molecule has 11 nitrogen and oxygen atoms in total. The van der Waals surface area contributed by atoms with Crippen LogP contribution in [0.4, 0.5) is 16.2 Å². The van der Waals surface area contributed by atoms with Crippen LogP contribution in [0.25, 0.3) is 0 Å². The van der Waals surface area contributed by atoms with E-state index >= 15 is 0 Å². The Bertz CT molecular complexity index is 1370. The summed E-state index contributed by atoms with van der Waals surface area (Å²) >= 11 is 0. The van der Waals surface area contributed by atoms with Gasteiger partial charge in [0.1, 0.15) is 11.9 Å². The summed E-state index contributed by atoms with van der Waals surface area (Å²) in [4.78, 5) is 46.8. The van der Waals surface area contributed by atoms with Crippen LogP contribution in [0, 0.1) is 5.92 Å². The molecule has 2 aromatic carbocycles. The fraction of sp³-hybridized carbons (Fsp3) is 0.333. The highest BCUT2D eigenvalue weighted by Gasteiger charge is 2.35. The number of nitrogens with zero attached hydrogens (tertiary/aromatic N) is 3. The van der Waals surface area contributed by atoms with Crippen molar-refractivity contribution in [3.8, 4) is 11.5 Å². The lowest BCUT2D eigenvalue weighted by atomic mass is 9.99. The van der Waals surface area contributed by atoms with Crippen molar-refractivity contribution in [3.63, 3.8) is 0 Å². The zero-order chi connectivity index (χ0) is 29.5. The van der Waals surface area contributed by atoms with Gasteiger partial charge in [0.2, 0.25) is 0 Å². The number of para-hydroxylation sites is 1. The van der Waals surface area contributed by atoms with Crippen LogP contribution in [0.1, 0.15) is 34.6 Å². The van der Waals surface area contributed by atoms with Crippen LogP contribution in [-0.2, 0) is 0 Å². The maximum absolute atomic E-state index is 13.7. The van der Waals surface area contributed by atoms with E-state index < -0.39 is 12.1 Å². The number of urea groups is 1. The third-order valence-electron chi connectivity index (χ3n) is 7.02. The van der Waals surface area contributed by atoms with Gasteiger partial charge in [0, 0.05) is 43.2 Å². The van der Waals surface area contributed by atoms with E-state index in [1.165, 1.54) is 17.3 Å². The molecule has 4 amide bonds. The summed E-state index contributed by atoms with van der Waals surface area (Å²) in [7, 11) is 3.23. The van der Waals surface area contributed by atoms with Gasteiger partial charge in [0.25, 0.3) is 11.8 Å². The Morgan fingerprint density at radius 2 is 1.85 bits per heavy atom. The minimum Gasteiger partial charge on any atom is -0.497 e. The van der Waals surface area contributed by atoms with Gasteiger partial charge >= 0.3 is 6.03 Å². The molecule has 0 fully saturated rings. The molecule has 3 aromatic rings. The first-order valence-corrected chi connectivity index (χ1v) is 13.3. The molecule has 0 saturated carbocycles. The van der Waals surface area contributed by atoms with E-state index in [9.17, 15) is 19.5 Å². The van der Waals surface area contributed by atoms with Gasteiger partial charge in [0.05, 0.1) is 37.6 Å². The number of fused-ring (bicyclic) bond motifs is 1. The molecule has 0 saturated heterocycles. The van der Waals surface area contributed by atoms with Gasteiger partial charge in [-0.25, -0.2) is 4.79 Å². The van der Waals surface area contributed by atoms with Crippen LogP contribution in [0.5, 0.6) is 11.5 Å². The molecule has 3 atom stereocenters. The van der Waals surface area contributed by atoms with Crippen LogP contribution in [0.15, 0.2) is 67.0 Å². The van der Waals surface area contributed by atoms with E-state index in [4.69, 9.17) is 9.47 Å². The first-order valence-electron chi connectivity index (χ1n) is 13.3. The monoisotopic (exact) mass is 561 g/mol. The largest absolute Gasteiger partial charge is 0.497 e. The lowest BCUT2D eigenvalue weighted by Crippen LogP contribution is -2.50. The fourth-order valence-electron chi connectivity index (χ4n) is 4.50. The molecule has 1 aromatic heterocycles. The number of aliphatic hydroxyl groups is 1. The van der Waals surface area contributed by atoms with Gasteiger partial charge in [0.15, 0.2) is 5.75 Å². The Kier molecular flexibility index (Phi) is 9.41. The summed E-state index contributed by atoms with van der Waals surface area (Å²) in [6.07, 6.45) is 2.48. The summed E-state index contributed by atoms with van der Waals surface area (Å²) in [6, 6.07) is 14.3. The van der Waals surface area contributed by atoms with Crippen molar-refractivity contribution < 1.29 is 29.0 Å². The number of nitrogens with one attached hydrogen (secondary N) is 2. The van der Waals surface area contributed by atoms with Crippen molar-refractivity contribution in [2.45, 2.75) is 26.0 Å². The summed E-state index contributed by atoms with van der Waals surface area (Å²) in [5, 5.41) is 15.6. The Balaban J connectivity index is 1.62. The van der Waals surface area contributed by atoms with Crippen LogP contribution < -0.4 is 20.1 Å². The number of benzene rings is 2. The number of pyridine rings is 1. The molecular weight excluding hydrogens is 526 g/mol. The maximum atomic E-state index is 13.7.